The molecule has 0 aromatic carbocycles. The van der Waals surface area contributed by atoms with Crippen molar-refractivity contribution in [2.24, 2.45) is 0 Å². The van der Waals surface area contributed by atoms with E-state index in [4.69, 9.17) is 14.2 Å². The highest BCUT2D eigenvalue weighted by Gasteiger charge is 2.38. The minimum Gasteiger partial charge on any atom is -0.376 e. The summed E-state index contributed by atoms with van der Waals surface area (Å²) in [7, 11) is 0. The summed E-state index contributed by atoms with van der Waals surface area (Å²) >= 11 is 3.84. The summed E-state index contributed by atoms with van der Waals surface area (Å²) < 4.78 is 17.0. The fourth-order valence-electron chi connectivity index (χ4n) is 2.56. The van der Waals surface area contributed by atoms with Crippen molar-refractivity contribution in [3.8, 4) is 0 Å². The van der Waals surface area contributed by atoms with Gasteiger partial charge >= 0.3 is 0 Å². The molecule has 0 amide bonds. The lowest BCUT2D eigenvalue weighted by molar-refractivity contribution is -0.109. The highest BCUT2D eigenvalue weighted by atomic mass is 79.9. The van der Waals surface area contributed by atoms with Gasteiger partial charge in [0.25, 0.3) is 0 Å². The molecule has 0 N–H and O–H groups in total. The van der Waals surface area contributed by atoms with Gasteiger partial charge in [-0.25, -0.2) is 0 Å². The standard InChI is InChI=1S/C15H23BrO3/c1-3-17-14(18-4-2)12-7-9-15(16,10-8-12)13-6-5-11-19-13/h7-9,13-14H,3-6,10-11H2,1-2H3. The van der Waals surface area contributed by atoms with Gasteiger partial charge < -0.3 is 14.2 Å². The SMILES string of the molecule is CCOC(OCC)C1=CCC(Br)(C2CCCO2)C=C1. The molecule has 2 atom stereocenters. The molecule has 0 aromatic rings. The maximum Gasteiger partial charge on any atom is 0.183 e. The molecule has 2 aliphatic rings. The molecule has 1 heterocycles. The average molecular weight is 331 g/mol. The highest BCUT2D eigenvalue weighted by Crippen LogP contribution is 2.39. The summed E-state index contributed by atoms with van der Waals surface area (Å²) in [4.78, 5) is 0. The first-order chi connectivity index (χ1) is 9.19. The largest absolute Gasteiger partial charge is 0.376 e. The van der Waals surface area contributed by atoms with Crippen molar-refractivity contribution in [2.45, 2.75) is 49.8 Å². The van der Waals surface area contributed by atoms with Crippen LogP contribution in [0.3, 0.4) is 0 Å². The Hall–Kier alpha value is -0.160. The lowest BCUT2D eigenvalue weighted by Gasteiger charge is -2.32. The minimum atomic E-state index is -0.243. The number of rotatable bonds is 6. The molecular weight excluding hydrogens is 308 g/mol. The molecule has 0 aromatic heterocycles. The maximum atomic E-state index is 5.80. The molecule has 19 heavy (non-hydrogen) atoms. The molecule has 2 rings (SSSR count). The third-order valence-electron chi connectivity index (χ3n) is 3.58. The third kappa shape index (κ3) is 3.69. The van der Waals surface area contributed by atoms with Gasteiger partial charge in [-0.15, -0.1) is 0 Å². The monoisotopic (exact) mass is 330 g/mol. The van der Waals surface area contributed by atoms with Crippen LogP contribution in [0.25, 0.3) is 0 Å². The fourth-order valence-corrected chi connectivity index (χ4v) is 3.21. The molecule has 4 heteroatoms. The van der Waals surface area contributed by atoms with Gasteiger partial charge in [0.05, 0.1) is 10.4 Å². The van der Waals surface area contributed by atoms with Crippen molar-refractivity contribution in [3.63, 3.8) is 0 Å². The van der Waals surface area contributed by atoms with E-state index < -0.39 is 0 Å². The molecule has 2 unspecified atom stereocenters. The molecule has 1 fully saturated rings. The zero-order valence-corrected chi connectivity index (χ0v) is 13.3. The second-order valence-electron chi connectivity index (χ2n) is 4.91. The number of halogens is 1. The van der Waals surface area contributed by atoms with Crippen LogP contribution in [0.5, 0.6) is 0 Å². The summed E-state index contributed by atoms with van der Waals surface area (Å²) in [6, 6.07) is 0. The van der Waals surface area contributed by atoms with E-state index in [2.05, 4.69) is 34.2 Å². The molecule has 1 saturated heterocycles. The van der Waals surface area contributed by atoms with E-state index in [0.29, 0.717) is 13.2 Å². The Labute approximate surface area is 124 Å². The van der Waals surface area contributed by atoms with Crippen LogP contribution in [0, 0.1) is 0 Å². The van der Waals surface area contributed by atoms with E-state index in [9.17, 15) is 0 Å². The molecule has 0 radical (unpaired) electrons. The first kappa shape index (κ1) is 15.2. The zero-order chi connectivity index (χ0) is 13.7. The fraction of sp³-hybridized carbons (Fsp3) is 0.733. The van der Waals surface area contributed by atoms with Gasteiger partial charge in [-0.1, -0.05) is 34.2 Å². The van der Waals surface area contributed by atoms with Gasteiger partial charge in [0.15, 0.2) is 6.29 Å². The van der Waals surface area contributed by atoms with Crippen LogP contribution in [0.1, 0.15) is 33.1 Å². The van der Waals surface area contributed by atoms with E-state index in [0.717, 1.165) is 31.4 Å². The van der Waals surface area contributed by atoms with Crippen molar-refractivity contribution < 1.29 is 14.2 Å². The van der Waals surface area contributed by atoms with E-state index in [1.54, 1.807) is 0 Å². The molecular formula is C15H23BrO3. The topological polar surface area (TPSA) is 27.7 Å². The Morgan fingerprint density at radius 3 is 2.63 bits per heavy atom. The van der Waals surface area contributed by atoms with Crippen molar-refractivity contribution >= 4 is 15.9 Å². The molecule has 0 spiro atoms. The molecule has 0 saturated carbocycles. The number of allylic oxidation sites excluding steroid dienone is 1. The second kappa shape index (κ2) is 7.02. The minimum absolute atomic E-state index is 0.0595. The zero-order valence-electron chi connectivity index (χ0n) is 11.7. The summed E-state index contributed by atoms with van der Waals surface area (Å²) in [5.41, 5.74) is 1.11. The molecule has 3 nitrogen and oxygen atoms in total. The third-order valence-corrected chi connectivity index (χ3v) is 4.68. The Morgan fingerprint density at radius 1 is 1.42 bits per heavy atom. The summed E-state index contributed by atoms with van der Waals surface area (Å²) in [5.74, 6) is 0. The van der Waals surface area contributed by atoms with Crippen molar-refractivity contribution in [1.82, 2.24) is 0 Å². The molecule has 1 aliphatic heterocycles. The lowest BCUT2D eigenvalue weighted by atomic mass is 9.90. The van der Waals surface area contributed by atoms with E-state index in [-0.39, 0.29) is 16.7 Å². The van der Waals surface area contributed by atoms with Crippen molar-refractivity contribution in [3.05, 3.63) is 23.8 Å². The predicted molar refractivity (Wildman–Crippen MR) is 79.5 cm³/mol. The Kier molecular flexibility index (Phi) is 5.63. The number of ether oxygens (including phenoxy) is 3. The lowest BCUT2D eigenvalue weighted by Crippen LogP contribution is -2.35. The van der Waals surface area contributed by atoms with Gasteiger partial charge in [0.1, 0.15) is 0 Å². The van der Waals surface area contributed by atoms with Crippen LogP contribution in [0.2, 0.25) is 0 Å². The van der Waals surface area contributed by atoms with Gasteiger partial charge in [-0.2, -0.15) is 0 Å². The first-order valence-corrected chi connectivity index (χ1v) is 7.92. The predicted octanol–water partition coefficient (Wildman–Crippen LogP) is 3.58. The van der Waals surface area contributed by atoms with E-state index in [1.807, 2.05) is 13.8 Å². The Bertz CT molecular complexity index is 341. The number of hydrogen-bond donors (Lipinski definition) is 0. The average Bonchev–Trinajstić information content (AvgIpc) is 2.94. The summed E-state index contributed by atoms with van der Waals surface area (Å²) in [5, 5.41) is 0. The highest BCUT2D eigenvalue weighted by molar-refractivity contribution is 9.10. The summed E-state index contributed by atoms with van der Waals surface area (Å²) in [6.45, 7) is 6.16. The Balaban J connectivity index is 2.00. The van der Waals surface area contributed by atoms with Gasteiger partial charge in [0, 0.05) is 25.4 Å². The number of hydrogen-bond acceptors (Lipinski definition) is 3. The van der Waals surface area contributed by atoms with Gasteiger partial charge in [0.2, 0.25) is 0 Å². The number of alkyl halides is 1. The van der Waals surface area contributed by atoms with Crippen LogP contribution in [0.15, 0.2) is 23.8 Å². The summed E-state index contributed by atoms with van der Waals surface area (Å²) in [6.07, 6.45) is 9.74. The van der Waals surface area contributed by atoms with Crippen LogP contribution in [-0.4, -0.2) is 36.5 Å². The maximum absolute atomic E-state index is 5.80. The van der Waals surface area contributed by atoms with Crippen LogP contribution in [-0.2, 0) is 14.2 Å². The molecule has 0 bridgehead atoms. The van der Waals surface area contributed by atoms with E-state index in [1.165, 1.54) is 0 Å². The van der Waals surface area contributed by atoms with Gasteiger partial charge in [-0.3, -0.25) is 0 Å². The second-order valence-corrected chi connectivity index (χ2v) is 6.39. The smallest absolute Gasteiger partial charge is 0.183 e. The van der Waals surface area contributed by atoms with Crippen molar-refractivity contribution in [1.29, 1.82) is 0 Å². The Morgan fingerprint density at radius 2 is 2.16 bits per heavy atom. The normalized spacial score (nSPS) is 30.9. The van der Waals surface area contributed by atoms with Gasteiger partial charge in [-0.05, 0) is 33.1 Å². The molecule has 1 aliphatic carbocycles. The quantitative estimate of drug-likeness (QED) is 0.550. The van der Waals surface area contributed by atoms with Crippen LogP contribution < -0.4 is 0 Å². The van der Waals surface area contributed by atoms with E-state index >= 15 is 0 Å². The first-order valence-electron chi connectivity index (χ1n) is 7.12. The van der Waals surface area contributed by atoms with Crippen LogP contribution in [0.4, 0.5) is 0 Å². The molecule has 108 valence electrons. The van der Waals surface area contributed by atoms with Crippen molar-refractivity contribution in [2.75, 3.05) is 19.8 Å². The van der Waals surface area contributed by atoms with Crippen LogP contribution >= 0.6 is 15.9 Å².